The maximum absolute atomic E-state index is 12.2. The fourth-order valence-electron chi connectivity index (χ4n) is 3.65. The van der Waals surface area contributed by atoms with Crippen LogP contribution < -0.4 is 0 Å². The lowest BCUT2D eigenvalue weighted by Gasteiger charge is -2.42. The minimum Gasteiger partial charge on any atom is -0.445 e. The van der Waals surface area contributed by atoms with Gasteiger partial charge >= 0.3 is 6.09 Å². The van der Waals surface area contributed by atoms with E-state index in [-0.39, 0.29) is 12.5 Å². The van der Waals surface area contributed by atoms with E-state index in [1.54, 1.807) is 17.3 Å². The number of carbonyl (C=O) groups is 1. The zero-order valence-corrected chi connectivity index (χ0v) is 17.4. The highest BCUT2D eigenvalue weighted by Gasteiger charge is 2.42. The van der Waals surface area contributed by atoms with Crippen molar-refractivity contribution in [2.24, 2.45) is 5.92 Å². The first-order valence-electron chi connectivity index (χ1n) is 8.97. The van der Waals surface area contributed by atoms with Crippen LogP contribution in [0.4, 0.5) is 4.79 Å². The molecular formula is C20H21Cl3N2O3. The van der Waals surface area contributed by atoms with Crippen LogP contribution in [-0.2, 0) is 10.3 Å². The number of hydrogen-bond acceptors (Lipinski definition) is 4. The van der Waals surface area contributed by atoms with E-state index in [4.69, 9.17) is 39.5 Å². The SMILES string of the molecule is O=C(OCC(Cl)(Cl)Cl)N1CCC(C(O)(c2ccccc2)c2ccncc2)CC1. The summed E-state index contributed by atoms with van der Waals surface area (Å²) >= 11 is 16.9. The van der Waals surface area contributed by atoms with Gasteiger partial charge in [0.1, 0.15) is 12.2 Å². The molecule has 1 fully saturated rings. The van der Waals surface area contributed by atoms with Gasteiger partial charge in [0, 0.05) is 25.5 Å². The van der Waals surface area contributed by atoms with Crippen LogP contribution in [0.25, 0.3) is 0 Å². The smallest absolute Gasteiger partial charge is 0.409 e. The minimum atomic E-state index is -1.64. The van der Waals surface area contributed by atoms with Crippen molar-refractivity contribution < 1.29 is 14.6 Å². The van der Waals surface area contributed by atoms with Gasteiger partial charge in [0.05, 0.1) is 0 Å². The van der Waals surface area contributed by atoms with Crippen molar-refractivity contribution in [2.75, 3.05) is 19.7 Å². The van der Waals surface area contributed by atoms with Gasteiger partial charge in [0.2, 0.25) is 3.79 Å². The van der Waals surface area contributed by atoms with E-state index in [1.807, 2.05) is 42.5 Å². The first-order chi connectivity index (χ1) is 13.3. The summed E-state index contributed by atoms with van der Waals surface area (Å²) in [6.07, 6.45) is 4.04. The maximum atomic E-state index is 12.2. The molecule has 0 spiro atoms. The van der Waals surface area contributed by atoms with Crippen molar-refractivity contribution in [1.29, 1.82) is 0 Å². The van der Waals surface area contributed by atoms with E-state index in [9.17, 15) is 9.90 Å². The van der Waals surface area contributed by atoms with Crippen LogP contribution >= 0.6 is 34.8 Å². The first kappa shape index (κ1) is 21.2. The molecule has 1 atom stereocenters. The van der Waals surface area contributed by atoms with Crippen LogP contribution in [0.2, 0.25) is 0 Å². The van der Waals surface area contributed by atoms with Crippen LogP contribution in [0.15, 0.2) is 54.9 Å². The van der Waals surface area contributed by atoms with Crippen molar-refractivity contribution in [3.05, 3.63) is 66.0 Å². The highest BCUT2D eigenvalue weighted by atomic mass is 35.6. The van der Waals surface area contributed by atoms with Crippen molar-refractivity contribution in [3.63, 3.8) is 0 Å². The summed E-state index contributed by atoms with van der Waals surface area (Å²) in [5.74, 6) is -0.0745. The number of aliphatic hydroxyl groups is 1. The third-order valence-electron chi connectivity index (χ3n) is 5.04. The second-order valence-electron chi connectivity index (χ2n) is 6.80. The van der Waals surface area contributed by atoms with Crippen molar-refractivity contribution >= 4 is 40.9 Å². The van der Waals surface area contributed by atoms with Crippen molar-refractivity contribution in [1.82, 2.24) is 9.88 Å². The van der Waals surface area contributed by atoms with Gasteiger partial charge < -0.3 is 14.7 Å². The predicted octanol–water partition coefficient (Wildman–Crippen LogP) is 4.54. The Balaban J connectivity index is 1.75. The number of halogens is 3. The zero-order valence-electron chi connectivity index (χ0n) is 15.1. The number of amides is 1. The fourth-order valence-corrected chi connectivity index (χ4v) is 3.81. The predicted molar refractivity (Wildman–Crippen MR) is 110 cm³/mol. The number of aromatic nitrogens is 1. The summed E-state index contributed by atoms with van der Waals surface area (Å²) in [6.45, 7) is 0.592. The Bertz CT molecular complexity index is 737. The molecule has 1 aromatic carbocycles. The lowest BCUT2D eigenvalue weighted by molar-refractivity contribution is -0.0143. The topological polar surface area (TPSA) is 62.7 Å². The Labute approximate surface area is 179 Å². The molecule has 2 aromatic rings. The number of rotatable bonds is 4. The summed E-state index contributed by atoms with van der Waals surface area (Å²) in [7, 11) is 0. The Morgan fingerprint density at radius 2 is 1.64 bits per heavy atom. The van der Waals surface area contributed by atoms with Gasteiger partial charge in [-0.2, -0.15) is 0 Å². The molecule has 0 aliphatic carbocycles. The van der Waals surface area contributed by atoms with Crippen molar-refractivity contribution in [2.45, 2.75) is 22.2 Å². The Hall–Kier alpha value is -1.53. The van der Waals surface area contributed by atoms with E-state index in [0.717, 1.165) is 11.1 Å². The van der Waals surface area contributed by atoms with Gasteiger partial charge in [-0.05, 0) is 42.0 Å². The number of pyridine rings is 1. The quantitative estimate of drug-likeness (QED) is 0.705. The third kappa shape index (κ3) is 4.90. The van der Waals surface area contributed by atoms with E-state index < -0.39 is 15.5 Å². The van der Waals surface area contributed by atoms with Gasteiger partial charge in [-0.25, -0.2) is 4.79 Å². The van der Waals surface area contributed by atoms with E-state index in [1.165, 1.54) is 0 Å². The largest absolute Gasteiger partial charge is 0.445 e. The average molecular weight is 444 g/mol. The molecule has 0 radical (unpaired) electrons. The second kappa shape index (κ2) is 8.87. The second-order valence-corrected chi connectivity index (χ2v) is 9.32. The van der Waals surface area contributed by atoms with Crippen LogP contribution in [0.5, 0.6) is 0 Å². The molecule has 5 nitrogen and oxygen atoms in total. The van der Waals surface area contributed by atoms with Crippen LogP contribution in [-0.4, -0.2) is 44.6 Å². The molecule has 1 aliphatic rings. The molecule has 1 saturated heterocycles. The van der Waals surface area contributed by atoms with E-state index >= 15 is 0 Å². The molecule has 1 amide bonds. The lowest BCUT2D eigenvalue weighted by Crippen LogP contribution is -2.46. The van der Waals surface area contributed by atoms with Gasteiger partial charge in [-0.1, -0.05) is 65.1 Å². The lowest BCUT2D eigenvalue weighted by atomic mass is 9.72. The van der Waals surface area contributed by atoms with Gasteiger partial charge in [-0.15, -0.1) is 0 Å². The maximum Gasteiger partial charge on any atom is 0.409 e. The number of alkyl halides is 3. The molecule has 0 saturated carbocycles. The van der Waals surface area contributed by atoms with Gasteiger partial charge in [0.15, 0.2) is 0 Å². The number of nitrogens with zero attached hydrogens (tertiary/aromatic N) is 2. The van der Waals surface area contributed by atoms with Gasteiger partial charge in [0.25, 0.3) is 0 Å². The third-order valence-corrected chi connectivity index (χ3v) is 5.36. The molecule has 3 rings (SSSR count). The molecule has 1 aliphatic heterocycles. The highest BCUT2D eigenvalue weighted by molar-refractivity contribution is 6.67. The van der Waals surface area contributed by atoms with E-state index in [2.05, 4.69) is 4.98 Å². The summed E-state index contributed by atoms with van der Waals surface area (Å²) < 4.78 is 3.42. The zero-order chi connectivity index (χ0) is 20.2. The highest BCUT2D eigenvalue weighted by Crippen LogP contribution is 2.41. The van der Waals surface area contributed by atoms with Crippen LogP contribution in [0.3, 0.4) is 0 Å². The number of likely N-dealkylation sites (tertiary alicyclic amines) is 1. The number of piperidine rings is 1. The fraction of sp³-hybridized carbons (Fsp3) is 0.400. The van der Waals surface area contributed by atoms with Crippen molar-refractivity contribution in [3.8, 4) is 0 Å². The summed E-state index contributed by atoms with van der Waals surface area (Å²) in [5, 5.41) is 11.8. The first-order valence-corrected chi connectivity index (χ1v) is 10.1. The molecule has 150 valence electrons. The van der Waals surface area contributed by atoms with Gasteiger partial charge in [-0.3, -0.25) is 4.98 Å². The average Bonchev–Trinajstić information content (AvgIpc) is 2.72. The molecule has 0 bridgehead atoms. The molecule has 1 unspecified atom stereocenters. The summed E-state index contributed by atoms with van der Waals surface area (Å²) in [4.78, 5) is 17.8. The molecule has 1 aromatic heterocycles. The number of hydrogen-bond donors (Lipinski definition) is 1. The molecule has 2 heterocycles. The van der Waals surface area contributed by atoms with Crippen LogP contribution in [0, 0.1) is 5.92 Å². The summed E-state index contributed by atoms with van der Waals surface area (Å²) in [5.41, 5.74) is 0.432. The monoisotopic (exact) mass is 442 g/mol. The Morgan fingerprint density at radius 3 is 2.21 bits per heavy atom. The Kier molecular flexibility index (Phi) is 6.71. The number of ether oxygens (including phenoxy) is 1. The standard InChI is InChI=1S/C20H21Cl3N2O3/c21-19(22,23)14-28-18(26)25-12-8-17(9-13-25)20(27,15-4-2-1-3-5-15)16-6-10-24-11-7-16/h1-7,10-11,17,27H,8-9,12-14H2. The molecular weight excluding hydrogens is 423 g/mol. The van der Waals surface area contributed by atoms with E-state index in [0.29, 0.717) is 25.9 Å². The minimum absolute atomic E-state index is 0.0745. The normalized spacial score (nSPS) is 17.8. The molecule has 1 N–H and O–H groups in total. The number of carbonyl (C=O) groups excluding carboxylic acids is 1. The molecule has 28 heavy (non-hydrogen) atoms. The van der Waals surface area contributed by atoms with Crippen LogP contribution in [0.1, 0.15) is 24.0 Å². The molecule has 8 heteroatoms. The summed E-state index contributed by atoms with van der Waals surface area (Å²) in [6, 6.07) is 13.2. The Morgan fingerprint density at radius 1 is 1.07 bits per heavy atom. The number of benzene rings is 1.